The Morgan fingerprint density at radius 1 is 1.43 bits per heavy atom. The van der Waals surface area contributed by atoms with Crippen molar-refractivity contribution in [1.29, 1.82) is 0 Å². The first-order valence-electron chi connectivity index (χ1n) is 7.48. The van der Waals surface area contributed by atoms with Gasteiger partial charge in [0.15, 0.2) is 0 Å². The van der Waals surface area contributed by atoms with Crippen LogP contribution < -0.4 is 0 Å². The molecule has 2 unspecified atom stereocenters. The largest absolute Gasteiger partial charge is 0.469 e. The third-order valence-corrected chi connectivity index (χ3v) is 4.75. The Labute approximate surface area is 135 Å². The number of rotatable bonds is 5. The summed E-state index contributed by atoms with van der Waals surface area (Å²) in [5, 5.41) is 0. The maximum absolute atomic E-state index is 11.5. The molecule has 0 radical (unpaired) electrons. The van der Waals surface area contributed by atoms with E-state index in [0.717, 1.165) is 36.8 Å². The number of hydrogen-bond acceptors (Lipinski definition) is 3. The highest BCUT2D eigenvalue weighted by atomic mass is 79.9. The van der Waals surface area contributed by atoms with Gasteiger partial charge in [-0.15, -0.1) is 0 Å². The van der Waals surface area contributed by atoms with E-state index in [1.54, 1.807) is 0 Å². The molecule has 2 rings (SSSR count). The molecular weight excluding hydrogens is 332 g/mol. The molecule has 0 spiro atoms. The minimum Gasteiger partial charge on any atom is -0.469 e. The summed E-state index contributed by atoms with van der Waals surface area (Å²) in [4.78, 5) is 11.5. The van der Waals surface area contributed by atoms with Gasteiger partial charge in [0, 0.05) is 23.9 Å². The lowest BCUT2D eigenvalue weighted by atomic mass is 9.81. The molecule has 1 saturated heterocycles. The summed E-state index contributed by atoms with van der Waals surface area (Å²) in [5.74, 6) is 0.438. The average molecular weight is 355 g/mol. The summed E-state index contributed by atoms with van der Waals surface area (Å²) in [6.45, 7) is 2.99. The van der Waals surface area contributed by atoms with E-state index in [1.807, 2.05) is 0 Å². The number of carbonyl (C=O) groups excluding carboxylic acids is 1. The topological polar surface area (TPSA) is 35.5 Å². The van der Waals surface area contributed by atoms with Crippen molar-refractivity contribution in [3.8, 4) is 0 Å². The summed E-state index contributed by atoms with van der Waals surface area (Å²) in [6, 6.07) is 8.33. The molecule has 116 valence electrons. The van der Waals surface area contributed by atoms with Crippen molar-refractivity contribution in [3.05, 3.63) is 34.3 Å². The van der Waals surface area contributed by atoms with E-state index in [-0.39, 0.29) is 11.6 Å². The fourth-order valence-electron chi connectivity index (χ4n) is 2.82. The van der Waals surface area contributed by atoms with Crippen LogP contribution in [-0.2, 0) is 20.7 Å². The van der Waals surface area contributed by atoms with Crippen LogP contribution in [0, 0.1) is 5.92 Å². The smallest absolute Gasteiger partial charge is 0.305 e. The molecule has 1 aliphatic heterocycles. The zero-order valence-electron chi connectivity index (χ0n) is 12.7. The van der Waals surface area contributed by atoms with Crippen LogP contribution in [-0.4, -0.2) is 25.3 Å². The number of esters is 1. The van der Waals surface area contributed by atoms with Crippen LogP contribution in [0.4, 0.5) is 0 Å². The number of hydrogen-bond donors (Lipinski definition) is 0. The maximum Gasteiger partial charge on any atom is 0.305 e. The second-order valence-corrected chi connectivity index (χ2v) is 6.93. The predicted octanol–water partition coefficient (Wildman–Crippen LogP) is 4.13. The van der Waals surface area contributed by atoms with Gasteiger partial charge in [0.05, 0.1) is 12.7 Å². The van der Waals surface area contributed by atoms with Gasteiger partial charge in [0.25, 0.3) is 0 Å². The Bertz CT molecular complexity index is 461. The van der Waals surface area contributed by atoms with E-state index in [4.69, 9.17) is 9.47 Å². The first-order chi connectivity index (χ1) is 10.0. The van der Waals surface area contributed by atoms with Crippen LogP contribution in [0.25, 0.3) is 0 Å². The quantitative estimate of drug-likeness (QED) is 0.745. The highest BCUT2D eigenvalue weighted by Crippen LogP contribution is 2.35. The third-order valence-electron chi connectivity index (χ3n) is 4.22. The molecule has 1 aromatic rings. The minimum atomic E-state index is -0.228. The molecule has 0 bridgehead atoms. The molecule has 1 fully saturated rings. The molecule has 2 atom stereocenters. The van der Waals surface area contributed by atoms with Gasteiger partial charge in [-0.3, -0.25) is 4.79 Å². The average Bonchev–Trinajstić information content (AvgIpc) is 2.50. The molecule has 0 aliphatic carbocycles. The van der Waals surface area contributed by atoms with Crippen molar-refractivity contribution in [1.82, 2.24) is 0 Å². The number of ether oxygens (including phenoxy) is 2. The second-order valence-electron chi connectivity index (χ2n) is 6.02. The van der Waals surface area contributed by atoms with Gasteiger partial charge < -0.3 is 9.47 Å². The van der Waals surface area contributed by atoms with E-state index >= 15 is 0 Å². The molecule has 4 heteroatoms. The van der Waals surface area contributed by atoms with Crippen molar-refractivity contribution in [2.75, 3.05) is 13.7 Å². The van der Waals surface area contributed by atoms with Crippen LogP contribution in [0.2, 0.25) is 0 Å². The molecule has 1 heterocycles. The highest BCUT2D eigenvalue weighted by molar-refractivity contribution is 9.10. The van der Waals surface area contributed by atoms with Crippen molar-refractivity contribution < 1.29 is 14.3 Å². The van der Waals surface area contributed by atoms with Gasteiger partial charge in [-0.05, 0) is 42.9 Å². The summed E-state index contributed by atoms with van der Waals surface area (Å²) in [5.41, 5.74) is 1.02. The van der Waals surface area contributed by atoms with Crippen molar-refractivity contribution in [2.45, 2.75) is 44.6 Å². The van der Waals surface area contributed by atoms with Crippen LogP contribution >= 0.6 is 15.9 Å². The zero-order chi connectivity index (χ0) is 15.3. The summed E-state index contributed by atoms with van der Waals surface area (Å²) in [6.07, 6.45) is 4.15. The molecule has 21 heavy (non-hydrogen) atoms. The molecular formula is C17H23BrO3. The van der Waals surface area contributed by atoms with Crippen molar-refractivity contribution >= 4 is 21.9 Å². The Morgan fingerprint density at radius 2 is 2.14 bits per heavy atom. The van der Waals surface area contributed by atoms with Gasteiger partial charge in [-0.25, -0.2) is 0 Å². The summed E-state index contributed by atoms with van der Waals surface area (Å²) < 4.78 is 12.0. The van der Waals surface area contributed by atoms with Crippen LogP contribution in [0.1, 0.15) is 38.2 Å². The monoisotopic (exact) mass is 354 g/mol. The fourth-order valence-corrected chi connectivity index (χ4v) is 3.08. The first-order valence-corrected chi connectivity index (χ1v) is 8.27. The lowest BCUT2D eigenvalue weighted by Crippen LogP contribution is -2.41. The molecule has 1 aliphatic rings. The summed E-state index contributed by atoms with van der Waals surface area (Å²) >= 11 is 3.46. The van der Waals surface area contributed by atoms with Gasteiger partial charge in [-0.2, -0.15) is 0 Å². The Balaban J connectivity index is 2.07. The van der Waals surface area contributed by atoms with E-state index in [9.17, 15) is 4.79 Å². The number of halogens is 1. The van der Waals surface area contributed by atoms with Gasteiger partial charge >= 0.3 is 5.97 Å². The first kappa shape index (κ1) is 16.5. The van der Waals surface area contributed by atoms with Crippen LogP contribution in [0.3, 0.4) is 0 Å². The fraction of sp³-hybridized carbons (Fsp3) is 0.588. The second kappa shape index (κ2) is 7.41. The standard InChI is InChI=1S/C17H23BrO3/c1-13-7-9-17(21-12-13,10-8-16(19)20-2)11-14-3-5-15(18)6-4-14/h3-6,13H,7-12H2,1-2H3. The number of benzene rings is 1. The van der Waals surface area contributed by atoms with E-state index in [0.29, 0.717) is 12.3 Å². The van der Waals surface area contributed by atoms with E-state index < -0.39 is 0 Å². The predicted molar refractivity (Wildman–Crippen MR) is 86.2 cm³/mol. The van der Waals surface area contributed by atoms with Crippen molar-refractivity contribution in [3.63, 3.8) is 0 Å². The zero-order valence-corrected chi connectivity index (χ0v) is 14.3. The normalized spacial score (nSPS) is 25.6. The number of methoxy groups -OCH3 is 1. The molecule has 0 saturated carbocycles. The molecule has 0 amide bonds. The third kappa shape index (κ3) is 4.82. The lowest BCUT2D eigenvalue weighted by molar-refractivity contribution is -0.145. The highest BCUT2D eigenvalue weighted by Gasteiger charge is 2.35. The lowest BCUT2D eigenvalue weighted by Gasteiger charge is -2.40. The SMILES string of the molecule is COC(=O)CCC1(Cc2ccc(Br)cc2)CCC(C)CO1. The minimum absolute atomic E-state index is 0.160. The van der Waals surface area contributed by atoms with Gasteiger partial charge in [-0.1, -0.05) is 35.0 Å². The maximum atomic E-state index is 11.5. The van der Waals surface area contributed by atoms with E-state index in [2.05, 4.69) is 47.1 Å². The summed E-state index contributed by atoms with van der Waals surface area (Å²) in [7, 11) is 1.44. The van der Waals surface area contributed by atoms with Crippen molar-refractivity contribution in [2.24, 2.45) is 5.92 Å². The molecule has 0 aromatic heterocycles. The Hall–Kier alpha value is -0.870. The van der Waals surface area contributed by atoms with Gasteiger partial charge in [0.2, 0.25) is 0 Å². The number of carbonyl (C=O) groups is 1. The Kier molecular flexibility index (Phi) is 5.82. The van der Waals surface area contributed by atoms with Gasteiger partial charge in [0.1, 0.15) is 0 Å². The van der Waals surface area contributed by atoms with Crippen LogP contribution in [0.15, 0.2) is 28.7 Å². The van der Waals surface area contributed by atoms with E-state index in [1.165, 1.54) is 12.7 Å². The molecule has 0 N–H and O–H groups in total. The molecule has 3 nitrogen and oxygen atoms in total. The van der Waals surface area contributed by atoms with Crippen LogP contribution in [0.5, 0.6) is 0 Å². The Morgan fingerprint density at radius 3 is 2.71 bits per heavy atom. The molecule has 1 aromatic carbocycles.